The zero-order chi connectivity index (χ0) is 34.6. The van der Waals surface area contributed by atoms with E-state index in [2.05, 4.69) is 16.0 Å². The molecule has 1 fully saturated rings. The predicted molar refractivity (Wildman–Crippen MR) is 184 cm³/mol. The molecule has 4 rings (SSSR count). The maximum absolute atomic E-state index is 14.3. The van der Waals surface area contributed by atoms with Gasteiger partial charge in [0.15, 0.2) is 0 Å². The Labute approximate surface area is 283 Å². The van der Waals surface area contributed by atoms with Crippen molar-refractivity contribution < 1.29 is 33.4 Å². The molecule has 11 nitrogen and oxygen atoms in total. The van der Waals surface area contributed by atoms with Gasteiger partial charge in [0, 0.05) is 50.1 Å². The Morgan fingerprint density at radius 2 is 1.69 bits per heavy atom. The Bertz CT molecular complexity index is 1350. The molecule has 2 aliphatic rings. The third-order valence-electron chi connectivity index (χ3n) is 9.15. The lowest BCUT2D eigenvalue weighted by Crippen LogP contribution is -2.48. The van der Waals surface area contributed by atoms with Crippen LogP contribution in [0.25, 0.3) is 0 Å². The maximum atomic E-state index is 14.3. The number of rotatable bonds is 7. The van der Waals surface area contributed by atoms with E-state index in [1.807, 2.05) is 13.8 Å². The summed E-state index contributed by atoms with van der Waals surface area (Å²) >= 11 is 0. The van der Waals surface area contributed by atoms with Gasteiger partial charge < -0.3 is 40.3 Å². The number of carbonyl (C=O) groups is 3. The Balaban J connectivity index is 1.55. The van der Waals surface area contributed by atoms with Crippen LogP contribution in [0.3, 0.4) is 0 Å². The number of aliphatic hydroxyl groups is 1. The number of hydrogen-bond donors (Lipinski definition) is 4. The molecule has 0 bridgehead atoms. The topological polar surface area (TPSA) is 132 Å². The summed E-state index contributed by atoms with van der Waals surface area (Å²) in [6, 6.07) is 9.55. The van der Waals surface area contributed by atoms with Crippen molar-refractivity contribution in [1.82, 2.24) is 15.1 Å². The number of likely N-dealkylation sites (N-methyl/N-ethyl adjacent to an activating group) is 1. The number of hydrogen-bond acceptors (Lipinski definition) is 6. The van der Waals surface area contributed by atoms with Crippen LogP contribution in [0, 0.1) is 11.7 Å². The highest BCUT2D eigenvalue weighted by molar-refractivity contribution is 5.99. The lowest BCUT2D eigenvalue weighted by Gasteiger charge is -2.35. The summed E-state index contributed by atoms with van der Waals surface area (Å²) in [6.45, 7) is 6.36. The Kier molecular flexibility index (Phi) is 13.9. The first-order chi connectivity index (χ1) is 23.0. The quantitative estimate of drug-likeness (QED) is 0.276. The number of carbonyl (C=O) groups excluding carboxylic acids is 3. The summed E-state index contributed by atoms with van der Waals surface area (Å²) in [6.07, 6.45) is 7.01. The smallest absolute Gasteiger partial charge is 0.321 e. The third kappa shape index (κ3) is 10.8. The van der Waals surface area contributed by atoms with Crippen LogP contribution in [0.15, 0.2) is 42.5 Å². The second kappa shape index (κ2) is 18.0. The van der Waals surface area contributed by atoms with E-state index >= 15 is 0 Å². The number of amides is 5. The number of aliphatic hydroxyl groups excluding tert-OH is 1. The zero-order valence-electron chi connectivity index (χ0n) is 28.7. The molecule has 4 atom stereocenters. The van der Waals surface area contributed by atoms with Gasteiger partial charge in [0.1, 0.15) is 11.6 Å². The predicted octanol–water partition coefficient (Wildman–Crippen LogP) is 6.24. The first-order valence-electron chi connectivity index (χ1n) is 17.2. The minimum Gasteiger partial charge on any atom is -0.490 e. The summed E-state index contributed by atoms with van der Waals surface area (Å²) in [5.41, 5.74) is 1.22. The van der Waals surface area contributed by atoms with E-state index in [4.69, 9.17) is 9.47 Å². The lowest BCUT2D eigenvalue weighted by atomic mass is 9.96. The molecule has 12 heteroatoms. The molecule has 0 saturated heterocycles. The molecule has 1 aliphatic heterocycles. The van der Waals surface area contributed by atoms with E-state index in [-0.39, 0.29) is 61.3 Å². The van der Waals surface area contributed by atoms with Gasteiger partial charge in [-0.25, -0.2) is 14.0 Å². The van der Waals surface area contributed by atoms with Crippen LogP contribution in [0.4, 0.5) is 25.4 Å². The molecule has 0 spiro atoms. The average molecular weight is 670 g/mol. The molecule has 1 heterocycles. The van der Waals surface area contributed by atoms with E-state index in [9.17, 15) is 23.9 Å². The van der Waals surface area contributed by atoms with Crippen LogP contribution in [-0.2, 0) is 4.74 Å². The highest BCUT2D eigenvalue weighted by Crippen LogP contribution is 2.29. The van der Waals surface area contributed by atoms with Gasteiger partial charge in [0.25, 0.3) is 5.91 Å². The van der Waals surface area contributed by atoms with Crippen LogP contribution in [0.5, 0.6) is 5.75 Å². The van der Waals surface area contributed by atoms with Crippen molar-refractivity contribution >= 4 is 29.3 Å². The SMILES string of the molecule is C[C@@H]1CN([C@H](C)CO)C(=O)c2cc(NC(=O)NC3CCCCC3)ccc2O[C@@H](C)CCCCO[C@H]1CN(C)C(=O)Nc1ccc(F)cc1. The standard InChI is InChI=1S/C36H52FN5O6/c1-24-21-42(25(2)23-43)34(44)31-20-30(39-35(45)38-28-11-6-5-7-12-28)17-18-32(31)48-26(3)10-8-9-19-47-33(24)22-41(4)36(46)40-29-15-13-27(37)14-16-29/h13-18,20,24-26,28,33,43H,5-12,19,21-23H2,1-4H3,(H,40,46)(H2,38,39,45)/t24-,25-,26+,33+/m1/s1. The highest BCUT2D eigenvalue weighted by Gasteiger charge is 2.31. The van der Waals surface area contributed by atoms with Crippen LogP contribution >= 0.6 is 0 Å². The summed E-state index contributed by atoms with van der Waals surface area (Å²) in [5, 5.41) is 18.9. The summed E-state index contributed by atoms with van der Waals surface area (Å²) in [7, 11) is 1.66. The number of nitrogens with one attached hydrogen (secondary N) is 3. The summed E-state index contributed by atoms with van der Waals surface area (Å²) in [4.78, 5) is 43.3. The third-order valence-corrected chi connectivity index (χ3v) is 9.15. The van der Waals surface area contributed by atoms with E-state index in [1.165, 1.54) is 35.6 Å². The largest absolute Gasteiger partial charge is 0.490 e. The van der Waals surface area contributed by atoms with E-state index in [0.717, 1.165) is 44.9 Å². The minimum absolute atomic E-state index is 0.132. The van der Waals surface area contributed by atoms with Crippen molar-refractivity contribution in [2.24, 2.45) is 5.92 Å². The normalized spacial score (nSPS) is 22.0. The number of ether oxygens (including phenoxy) is 2. The molecule has 0 radical (unpaired) electrons. The maximum Gasteiger partial charge on any atom is 0.321 e. The fraction of sp³-hybridized carbons (Fsp3) is 0.583. The zero-order valence-corrected chi connectivity index (χ0v) is 28.7. The Morgan fingerprint density at radius 1 is 1.00 bits per heavy atom. The van der Waals surface area contributed by atoms with Crippen molar-refractivity contribution in [3.63, 3.8) is 0 Å². The molecule has 2 aromatic rings. The lowest BCUT2D eigenvalue weighted by molar-refractivity contribution is -0.0115. The second-order valence-electron chi connectivity index (χ2n) is 13.3. The number of anilines is 2. The molecular weight excluding hydrogens is 617 g/mol. The summed E-state index contributed by atoms with van der Waals surface area (Å²) in [5.74, 6) is -0.565. The van der Waals surface area contributed by atoms with Crippen molar-refractivity contribution in [3.8, 4) is 5.75 Å². The monoisotopic (exact) mass is 669 g/mol. The van der Waals surface area contributed by atoms with Gasteiger partial charge in [-0.3, -0.25) is 4.79 Å². The molecule has 48 heavy (non-hydrogen) atoms. The van der Waals surface area contributed by atoms with Gasteiger partial charge in [0.2, 0.25) is 0 Å². The van der Waals surface area contributed by atoms with E-state index in [1.54, 1.807) is 37.1 Å². The molecule has 0 unspecified atom stereocenters. The van der Waals surface area contributed by atoms with Gasteiger partial charge in [-0.15, -0.1) is 0 Å². The van der Waals surface area contributed by atoms with Crippen molar-refractivity contribution in [2.45, 2.75) is 96.4 Å². The number of benzene rings is 2. The van der Waals surface area contributed by atoms with Gasteiger partial charge >= 0.3 is 12.1 Å². The molecule has 264 valence electrons. The molecule has 1 aliphatic carbocycles. The number of halogens is 1. The first kappa shape index (κ1) is 36.9. The van der Waals surface area contributed by atoms with Crippen molar-refractivity contribution in [2.75, 3.05) is 44.0 Å². The van der Waals surface area contributed by atoms with Crippen molar-refractivity contribution in [3.05, 3.63) is 53.8 Å². The highest BCUT2D eigenvalue weighted by atomic mass is 19.1. The second-order valence-corrected chi connectivity index (χ2v) is 13.3. The number of fused-ring (bicyclic) bond motifs is 1. The van der Waals surface area contributed by atoms with Gasteiger partial charge in [-0.1, -0.05) is 26.2 Å². The van der Waals surface area contributed by atoms with Crippen LogP contribution in [0.2, 0.25) is 0 Å². The Hall–Kier alpha value is -3.90. The molecular formula is C36H52FN5O6. The van der Waals surface area contributed by atoms with Crippen molar-refractivity contribution in [1.29, 1.82) is 0 Å². The average Bonchev–Trinajstić information content (AvgIpc) is 3.07. The molecule has 2 aromatic carbocycles. The fourth-order valence-electron chi connectivity index (χ4n) is 6.17. The van der Waals surface area contributed by atoms with Gasteiger partial charge in [0.05, 0.1) is 30.4 Å². The van der Waals surface area contributed by atoms with Gasteiger partial charge in [-0.05, 0) is 88.4 Å². The molecule has 5 amide bonds. The van der Waals surface area contributed by atoms with Crippen LogP contribution in [0.1, 0.15) is 82.5 Å². The summed E-state index contributed by atoms with van der Waals surface area (Å²) < 4.78 is 26.0. The minimum atomic E-state index is -0.538. The van der Waals surface area contributed by atoms with E-state index in [0.29, 0.717) is 23.7 Å². The molecule has 1 saturated carbocycles. The van der Waals surface area contributed by atoms with Crippen LogP contribution < -0.4 is 20.7 Å². The first-order valence-corrected chi connectivity index (χ1v) is 17.2. The Morgan fingerprint density at radius 3 is 2.40 bits per heavy atom. The van der Waals surface area contributed by atoms with E-state index < -0.39 is 18.0 Å². The van der Waals surface area contributed by atoms with Crippen LogP contribution in [-0.4, -0.2) is 90.5 Å². The molecule has 0 aromatic heterocycles. The van der Waals surface area contributed by atoms with Gasteiger partial charge in [-0.2, -0.15) is 0 Å². The number of nitrogens with zero attached hydrogens (tertiary/aromatic N) is 2. The molecule has 4 N–H and O–H groups in total. The number of urea groups is 2. The fourth-order valence-corrected chi connectivity index (χ4v) is 6.17.